The van der Waals surface area contributed by atoms with Crippen LogP contribution in [-0.2, 0) is 5.41 Å². The second-order valence-corrected chi connectivity index (χ2v) is 13.4. The van der Waals surface area contributed by atoms with Crippen molar-refractivity contribution < 1.29 is 9.15 Å². The molecular formula is C43H29BN2O2. The third kappa shape index (κ3) is 3.30. The Bertz CT molecular complexity index is 2560. The topological polar surface area (TPSA) is 28.9 Å². The van der Waals surface area contributed by atoms with E-state index < -0.39 is 0 Å². The fraction of sp³-hybridized carbons (Fsp3) is 0.0698. The van der Waals surface area contributed by atoms with Crippen molar-refractivity contribution in [2.75, 3.05) is 9.80 Å². The summed E-state index contributed by atoms with van der Waals surface area (Å²) in [4.78, 5) is 4.85. The molecule has 0 amide bonds. The Morgan fingerprint density at radius 1 is 0.604 bits per heavy atom. The van der Waals surface area contributed by atoms with Crippen molar-refractivity contribution in [1.82, 2.24) is 0 Å². The highest BCUT2D eigenvalue weighted by atomic mass is 16.5. The minimum absolute atomic E-state index is 0.0355. The van der Waals surface area contributed by atoms with Gasteiger partial charge >= 0.3 is 0 Å². The molecule has 1 aliphatic carbocycles. The fourth-order valence-corrected chi connectivity index (χ4v) is 8.72. The molecule has 0 fully saturated rings. The Kier molecular flexibility index (Phi) is 5.09. The summed E-state index contributed by atoms with van der Waals surface area (Å²) < 4.78 is 13.2. The van der Waals surface area contributed by atoms with Crippen molar-refractivity contribution >= 4 is 79.2 Å². The van der Waals surface area contributed by atoms with Crippen LogP contribution in [0.1, 0.15) is 12.5 Å². The van der Waals surface area contributed by atoms with E-state index in [9.17, 15) is 0 Å². The molecule has 7 aromatic rings. The number of rotatable bonds is 2. The molecule has 0 N–H and O–H groups in total. The number of nitrogens with zero attached hydrogens (tertiary/aromatic N) is 2. The number of allylic oxidation sites excluding steroid dienone is 2. The molecule has 0 saturated carbocycles. The van der Waals surface area contributed by atoms with Gasteiger partial charge in [-0.15, -0.1) is 0 Å². The van der Waals surface area contributed by atoms with E-state index in [0.29, 0.717) is 0 Å². The quantitative estimate of drug-likeness (QED) is 0.182. The summed E-state index contributed by atoms with van der Waals surface area (Å²) in [5.74, 6) is 0.954. The zero-order valence-electron chi connectivity index (χ0n) is 26.3. The van der Waals surface area contributed by atoms with E-state index in [1.165, 1.54) is 44.7 Å². The van der Waals surface area contributed by atoms with E-state index in [0.717, 1.165) is 39.1 Å². The van der Waals surface area contributed by atoms with Gasteiger partial charge in [0.25, 0.3) is 6.71 Å². The number of hydrogen-bond donors (Lipinski definition) is 0. The zero-order chi connectivity index (χ0) is 31.6. The Morgan fingerprint density at radius 3 is 2.12 bits per heavy atom. The van der Waals surface area contributed by atoms with Crippen molar-refractivity contribution in [3.8, 4) is 5.75 Å². The average molecular weight is 617 g/mol. The van der Waals surface area contributed by atoms with Gasteiger partial charge < -0.3 is 19.0 Å². The minimum atomic E-state index is -0.209. The monoisotopic (exact) mass is 616 g/mol. The van der Waals surface area contributed by atoms with Gasteiger partial charge in [-0.3, -0.25) is 0 Å². The number of para-hydroxylation sites is 4. The molecule has 48 heavy (non-hydrogen) atoms. The average Bonchev–Trinajstić information content (AvgIpc) is 3.66. The van der Waals surface area contributed by atoms with Gasteiger partial charge in [-0.2, -0.15) is 0 Å². The molecule has 2 atom stereocenters. The molecule has 4 nitrogen and oxygen atoms in total. The second kappa shape index (κ2) is 9.33. The highest BCUT2D eigenvalue weighted by molar-refractivity contribution is 7.00. The molecule has 3 aliphatic heterocycles. The summed E-state index contributed by atoms with van der Waals surface area (Å²) in [6, 6.07) is 46.0. The molecule has 6 aromatic carbocycles. The van der Waals surface area contributed by atoms with Crippen LogP contribution >= 0.6 is 0 Å². The Hall–Kier alpha value is -5.94. The summed E-state index contributed by atoms with van der Waals surface area (Å²) >= 11 is 0. The van der Waals surface area contributed by atoms with Gasteiger partial charge in [0.05, 0.1) is 11.1 Å². The van der Waals surface area contributed by atoms with Crippen LogP contribution in [0.15, 0.2) is 156 Å². The van der Waals surface area contributed by atoms with E-state index in [-0.39, 0.29) is 18.2 Å². The normalized spacial score (nSPS) is 19.5. The van der Waals surface area contributed by atoms with Crippen molar-refractivity contribution in [3.05, 3.63) is 157 Å². The van der Waals surface area contributed by atoms with Crippen LogP contribution in [-0.4, -0.2) is 12.8 Å². The zero-order valence-corrected chi connectivity index (χ0v) is 26.3. The van der Waals surface area contributed by atoms with Crippen LogP contribution in [0.5, 0.6) is 5.75 Å². The van der Waals surface area contributed by atoms with Gasteiger partial charge in [-0.25, -0.2) is 0 Å². The summed E-state index contributed by atoms with van der Waals surface area (Å²) in [6.07, 6.45) is 8.67. The van der Waals surface area contributed by atoms with Crippen molar-refractivity contribution in [3.63, 3.8) is 0 Å². The first-order valence-electron chi connectivity index (χ1n) is 16.7. The number of hydrogen-bond acceptors (Lipinski definition) is 4. The second-order valence-electron chi connectivity index (χ2n) is 13.4. The van der Waals surface area contributed by atoms with Crippen molar-refractivity contribution in [2.24, 2.45) is 0 Å². The maximum atomic E-state index is 6.84. The highest BCUT2D eigenvalue weighted by Crippen LogP contribution is 2.53. The Morgan fingerprint density at radius 2 is 1.27 bits per heavy atom. The van der Waals surface area contributed by atoms with Crippen LogP contribution in [0.4, 0.5) is 34.1 Å². The number of anilines is 6. The highest BCUT2D eigenvalue weighted by Gasteiger charge is 2.47. The van der Waals surface area contributed by atoms with Gasteiger partial charge in [0.2, 0.25) is 0 Å². The molecule has 5 heteroatoms. The maximum absolute atomic E-state index is 6.84. The number of fused-ring (bicyclic) bond motifs is 10. The smallest absolute Gasteiger partial charge is 0.252 e. The standard InChI is InChI=1S/C43H29BN2O2/c1-43-25-9-8-22-40(43)48-42-30(43)13-10-20-37(42)46-34-17-6-4-15-32(34)44-31-14-3-5-16-33(31)45(35-18-11-19-36(46)41(35)44)27-23-24-29-28-12-2-7-21-38(28)47-39(29)26-27/h2-26,40H,1H3. The molecule has 0 saturated heterocycles. The molecule has 4 heterocycles. The first-order valence-corrected chi connectivity index (χ1v) is 16.7. The van der Waals surface area contributed by atoms with E-state index in [2.05, 4.69) is 156 Å². The summed E-state index contributed by atoms with van der Waals surface area (Å²) in [5.41, 5.74) is 13.5. The predicted molar refractivity (Wildman–Crippen MR) is 198 cm³/mol. The maximum Gasteiger partial charge on any atom is 0.252 e. The number of ether oxygens (including phenoxy) is 1. The van der Waals surface area contributed by atoms with Gasteiger partial charge in [-0.05, 0) is 77.9 Å². The first-order chi connectivity index (χ1) is 23.7. The van der Waals surface area contributed by atoms with E-state index >= 15 is 0 Å². The number of furan rings is 1. The molecule has 226 valence electrons. The molecule has 0 spiro atoms. The van der Waals surface area contributed by atoms with Gasteiger partial charge in [0, 0.05) is 50.8 Å². The summed E-state index contributed by atoms with van der Waals surface area (Å²) in [7, 11) is 0. The van der Waals surface area contributed by atoms with E-state index in [4.69, 9.17) is 9.15 Å². The molecular weight excluding hydrogens is 587 g/mol. The molecule has 11 rings (SSSR count). The van der Waals surface area contributed by atoms with Crippen molar-refractivity contribution in [2.45, 2.75) is 18.4 Å². The summed E-state index contributed by atoms with van der Waals surface area (Å²) in [5, 5.41) is 2.27. The van der Waals surface area contributed by atoms with Crippen LogP contribution in [0.25, 0.3) is 21.9 Å². The van der Waals surface area contributed by atoms with E-state index in [1.54, 1.807) is 0 Å². The lowest BCUT2D eigenvalue weighted by atomic mass is 9.33. The van der Waals surface area contributed by atoms with Gasteiger partial charge in [0.1, 0.15) is 23.0 Å². The largest absolute Gasteiger partial charge is 0.483 e. The number of benzene rings is 6. The van der Waals surface area contributed by atoms with Gasteiger partial charge in [0.15, 0.2) is 0 Å². The SMILES string of the molecule is CC12C=CC=CC1Oc1c(N3c4ccccc4B4c5ccccc5N(c5ccc6c(c5)oc5ccccc56)c5cccc3c54)cccc12. The van der Waals surface area contributed by atoms with Crippen molar-refractivity contribution in [1.29, 1.82) is 0 Å². The predicted octanol–water partition coefficient (Wildman–Crippen LogP) is 8.81. The fourth-order valence-electron chi connectivity index (χ4n) is 8.72. The molecule has 0 radical (unpaired) electrons. The molecule has 1 aromatic heterocycles. The lowest BCUT2D eigenvalue weighted by Gasteiger charge is -2.44. The third-order valence-corrected chi connectivity index (χ3v) is 10.9. The first kappa shape index (κ1) is 26.2. The summed E-state index contributed by atoms with van der Waals surface area (Å²) in [6.45, 7) is 2.36. The molecule has 4 aliphatic rings. The Labute approximate surface area is 278 Å². The molecule has 0 bridgehead atoms. The third-order valence-electron chi connectivity index (χ3n) is 10.9. The molecule has 2 unspecified atom stereocenters. The van der Waals surface area contributed by atoms with E-state index in [1.807, 2.05) is 12.1 Å². The van der Waals surface area contributed by atoms with Crippen LogP contribution < -0.4 is 30.9 Å². The lowest BCUT2D eigenvalue weighted by Crippen LogP contribution is -2.61. The minimum Gasteiger partial charge on any atom is -0.483 e. The Balaban J connectivity index is 1.17. The van der Waals surface area contributed by atoms with Crippen LogP contribution in [0.2, 0.25) is 0 Å². The lowest BCUT2D eigenvalue weighted by molar-refractivity contribution is 0.228. The van der Waals surface area contributed by atoms with Crippen LogP contribution in [0.3, 0.4) is 0 Å². The van der Waals surface area contributed by atoms with Crippen LogP contribution in [0, 0.1) is 0 Å². The van der Waals surface area contributed by atoms with Gasteiger partial charge in [-0.1, -0.05) is 91.0 Å².